The second-order valence-corrected chi connectivity index (χ2v) is 3.15. The summed E-state index contributed by atoms with van der Waals surface area (Å²) in [7, 11) is 0. The Hall–Kier alpha value is -0.970. The molecule has 0 aromatic rings. The van der Waals surface area contributed by atoms with Crippen LogP contribution in [-0.2, 0) is 4.74 Å². The van der Waals surface area contributed by atoms with E-state index in [1.165, 1.54) is 0 Å². The average Bonchev–Trinajstić information content (AvgIpc) is 2.01. The Morgan fingerprint density at radius 3 is 2.33 bits per heavy atom. The fourth-order valence-corrected chi connectivity index (χ4v) is 1.45. The molecule has 0 saturated carbocycles. The molecule has 4 N–H and O–H groups in total. The van der Waals surface area contributed by atoms with Crippen LogP contribution in [0.3, 0.4) is 0 Å². The lowest BCUT2D eigenvalue weighted by Crippen LogP contribution is -2.51. The summed E-state index contributed by atoms with van der Waals surface area (Å²) in [5, 5.41) is 3.45. The molecule has 1 aliphatic rings. The van der Waals surface area contributed by atoms with Crippen LogP contribution in [0.2, 0.25) is 0 Å². The Morgan fingerprint density at radius 2 is 1.92 bits per heavy atom. The van der Waals surface area contributed by atoms with Gasteiger partial charge in [-0.1, -0.05) is 0 Å². The maximum Gasteiger partial charge on any atom is 0.213 e. The van der Waals surface area contributed by atoms with Crippen molar-refractivity contribution in [3.63, 3.8) is 0 Å². The number of ether oxygens (including phenoxy) is 1. The van der Waals surface area contributed by atoms with E-state index < -0.39 is 0 Å². The minimum Gasteiger partial charge on any atom is -0.372 e. The van der Waals surface area contributed by atoms with E-state index in [-0.39, 0.29) is 12.2 Å². The summed E-state index contributed by atoms with van der Waals surface area (Å²) in [6, 6.07) is 0. The van der Waals surface area contributed by atoms with Crippen LogP contribution in [0.25, 0.3) is 0 Å². The molecular weight excluding hydrogens is 156 g/mol. The van der Waals surface area contributed by atoms with Crippen molar-refractivity contribution in [2.45, 2.75) is 26.1 Å². The topological polar surface area (TPSA) is 76.9 Å². The highest BCUT2D eigenvalue weighted by Crippen LogP contribution is 2.09. The quantitative estimate of drug-likeness (QED) is 0.219. The van der Waals surface area contributed by atoms with Gasteiger partial charge in [-0.15, -0.1) is 5.10 Å². The summed E-state index contributed by atoms with van der Waals surface area (Å²) in [5.74, 6) is 5.46. The number of hydrogen-bond donors (Lipinski definition) is 2. The average molecular weight is 172 g/mol. The lowest BCUT2D eigenvalue weighted by atomic mass is 10.2. The van der Waals surface area contributed by atoms with Gasteiger partial charge in [-0.3, -0.25) is 0 Å². The number of guanidine groups is 1. The molecule has 0 aliphatic carbocycles. The number of morpholine rings is 1. The zero-order valence-corrected chi connectivity index (χ0v) is 7.53. The molecule has 1 fully saturated rings. The third-order valence-corrected chi connectivity index (χ3v) is 1.88. The zero-order chi connectivity index (χ0) is 9.14. The van der Waals surface area contributed by atoms with Gasteiger partial charge in [0.1, 0.15) is 0 Å². The highest BCUT2D eigenvalue weighted by Gasteiger charge is 2.23. The fourth-order valence-electron chi connectivity index (χ4n) is 1.45. The van der Waals surface area contributed by atoms with Crippen LogP contribution in [0.15, 0.2) is 5.10 Å². The number of hydrazone groups is 1. The summed E-state index contributed by atoms with van der Waals surface area (Å²) in [4.78, 5) is 1.93. The summed E-state index contributed by atoms with van der Waals surface area (Å²) < 4.78 is 5.52. The van der Waals surface area contributed by atoms with Gasteiger partial charge < -0.3 is 21.2 Å². The van der Waals surface area contributed by atoms with Crippen molar-refractivity contribution in [3.8, 4) is 0 Å². The molecule has 1 rings (SSSR count). The highest BCUT2D eigenvalue weighted by atomic mass is 16.5. The zero-order valence-electron chi connectivity index (χ0n) is 7.53. The largest absolute Gasteiger partial charge is 0.372 e. The van der Waals surface area contributed by atoms with Crippen molar-refractivity contribution >= 4 is 5.96 Å². The molecule has 5 heteroatoms. The van der Waals surface area contributed by atoms with Crippen molar-refractivity contribution in [1.82, 2.24) is 4.90 Å². The number of nitrogens with two attached hydrogens (primary N) is 2. The van der Waals surface area contributed by atoms with Crippen molar-refractivity contribution in [2.75, 3.05) is 13.1 Å². The van der Waals surface area contributed by atoms with E-state index in [4.69, 9.17) is 16.3 Å². The predicted octanol–water partition coefficient (Wildman–Crippen LogP) is -0.716. The van der Waals surface area contributed by atoms with Gasteiger partial charge in [0.2, 0.25) is 5.96 Å². The van der Waals surface area contributed by atoms with E-state index in [1.807, 2.05) is 18.7 Å². The van der Waals surface area contributed by atoms with Crippen molar-refractivity contribution < 1.29 is 4.74 Å². The molecule has 12 heavy (non-hydrogen) atoms. The van der Waals surface area contributed by atoms with Gasteiger partial charge in [0.15, 0.2) is 0 Å². The third kappa shape index (κ3) is 2.01. The lowest BCUT2D eigenvalue weighted by Gasteiger charge is -2.35. The molecule has 0 amide bonds. The van der Waals surface area contributed by atoms with E-state index in [0.29, 0.717) is 5.96 Å². The first-order valence-corrected chi connectivity index (χ1v) is 4.07. The molecule has 1 heterocycles. The van der Waals surface area contributed by atoms with Gasteiger partial charge in [0.05, 0.1) is 12.2 Å². The molecule has 0 bridgehead atoms. The SMILES string of the molecule is CC1CN(/C(N)=N/N)CC(C)O1. The van der Waals surface area contributed by atoms with E-state index >= 15 is 0 Å². The molecule has 1 aliphatic heterocycles. The van der Waals surface area contributed by atoms with Crippen LogP contribution in [0, 0.1) is 0 Å². The molecule has 5 nitrogen and oxygen atoms in total. The van der Waals surface area contributed by atoms with Crippen molar-refractivity contribution in [2.24, 2.45) is 16.7 Å². The molecule has 0 spiro atoms. The molecular formula is C7H16N4O. The van der Waals surface area contributed by atoms with Crippen LogP contribution in [0.5, 0.6) is 0 Å². The summed E-state index contributed by atoms with van der Waals surface area (Å²) in [5.41, 5.74) is 5.57. The molecule has 2 unspecified atom stereocenters. The second-order valence-electron chi connectivity index (χ2n) is 3.15. The molecule has 70 valence electrons. The van der Waals surface area contributed by atoms with Gasteiger partial charge in [-0.05, 0) is 13.8 Å². The fraction of sp³-hybridized carbons (Fsp3) is 0.857. The normalized spacial score (nSPS) is 32.2. The standard InChI is InChI=1S/C7H16N4O/c1-5-3-11(7(8)10-9)4-6(2)12-5/h5-6H,3-4,9H2,1-2H3,(H2,8,10). The van der Waals surface area contributed by atoms with Gasteiger partial charge in [0.25, 0.3) is 0 Å². The van der Waals surface area contributed by atoms with Crippen LogP contribution < -0.4 is 11.6 Å². The first kappa shape index (κ1) is 9.12. The summed E-state index contributed by atoms with van der Waals surface area (Å²) in [6.07, 6.45) is 0.378. The summed E-state index contributed by atoms with van der Waals surface area (Å²) >= 11 is 0. The van der Waals surface area contributed by atoms with Crippen molar-refractivity contribution in [1.29, 1.82) is 0 Å². The molecule has 0 radical (unpaired) electrons. The Bertz CT molecular complexity index is 172. The Kier molecular flexibility index (Phi) is 2.75. The monoisotopic (exact) mass is 172 g/mol. The minimum atomic E-state index is 0.189. The van der Waals surface area contributed by atoms with E-state index in [9.17, 15) is 0 Å². The van der Waals surface area contributed by atoms with E-state index in [0.717, 1.165) is 13.1 Å². The minimum absolute atomic E-state index is 0.189. The van der Waals surface area contributed by atoms with Crippen LogP contribution >= 0.6 is 0 Å². The first-order chi connectivity index (χ1) is 5.63. The number of nitrogens with zero attached hydrogens (tertiary/aromatic N) is 2. The predicted molar refractivity (Wildman–Crippen MR) is 47.4 cm³/mol. The van der Waals surface area contributed by atoms with Gasteiger partial charge in [0, 0.05) is 13.1 Å². The lowest BCUT2D eigenvalue weighted by molar-refractivity contribution is -0.0484. The Balaban J connectivity index is 2.55. The molecule has 1 saturated heterocycles. The van der Waals surface area contributed by atoms with Crippen LogP contribution in [0.4, 0.5) is 0 Å². The van der Waals surface area contributed by atoms with E-state index in [2.05, 4.69) is 5.10 Å². The Morgan fingerprint density at radius 1 is 1.42 bits per heavy atom. The molecule has 0 aromatic carbocycles. The number of hydrogen-bond acceptors (Lipinski definition) is 3. The van der Waals surface area contributed by atoms with Crippen LogP contribution in [0.1, 0.15) is 13.8 Å². The molecule has 0 aromatic heterocycles. The smallest absolute Gasteiger partial charge is 0.213 e. The number of rotatable bonds is 0. The maximum absolute atomic E-state index is 5.57. The second kappa shape index (κ2) is 3.62. The van der Waals surface area contributed by atoms with Gasteiger partial charge >= 0.3 is 0 Å². The molecule has 2 atom stereocenters. The van der Waals surface area contributed by atoms with Crippen LogP contribution in [-0.4, -0.2) is 36.2 Å². The third-order valence-electron chi connectivity index (χ3n) is 1.88. The van der Waals surface area contributed by atoms with Gasteiger partial charge in [-0.2, -0.15) is 0 Å². The summed E-state index contributed by atoms with van der Waals surface area (Å²) in [6.45, 7) is 5.53. The van der Waals surface area contributed by atoms with Gasteiger partial charge in [-0.25, -0.2) is 0 Å². The van der Waals surface area contributed by atoms with E-state index in [1.54, 1.807) is 0 Å². The van der Waals surface area contributed by atoms with Crippen molar-refractivity contribution in [3.05, 3.63) is 0 Å². The maximum atomic E-state index is 5.57. The highest BCUT2D eigenvalue weighted by molar-refractivity contribution is 5.77. The Labute approximate surface area is 72.3 Å². The first-order valence-electron chi connectivity index (χ1n) is 4.07.